The fourth-order valence-electron chi connectivity index (χ4n) is 1.53. The summed E-state index contributed by atoms with van der Waals surface area (Å²) in [6.45, 7) is 1.62. The summed E-state index contributed by atoms with van der Waals surface area (Å²) in [5, 5.41) is 11.9. The Morgan fingerprint density at radius 2 is 2.19 bits per heavy atom. The van der Waals surface area contributed by atoms with Gasteiger partial charge in [0.05, 0.1) is 5.69 Å². The Kier molecular flexibility index (Phi) is 2.91. The summed E-state index contributed by atoms with van der Waals surface area (Å²) in [4.78, 5) is 26.6. The van der Waals surface area contributed by atoms with E-state index in [0.717, 1.165) is 30.6 Å². The molecule has 0 unspecified atom stereocenters. The number of anilines is 1. The average molecular weight is 240 g/mol. The van der Waals surface area contributed by atoms with E-state index in [9.17, 15) is 9.59 Å². The number of hydrogen-bond donors (Lipinski definition) is 2. The number of aryl methyl sites for hydroxylation is 1. The van der Waals surface area contributed by atoms with Crippen LogP contribution in [0.5, 0.6) is 0 Å². The van der Waals surface area contributed by atoms with Crippen molar-refractivity contribution in [3.63, 3.8) is 0 Å². The summed E-state index contributed by atoms with van der Waals surface area (Å²) in [6.07, 6.45) is 2.93. The maximum absolute atomic E-state index is 11.6. The van der Waals surface area contributed by atoms with Crippen LogP contribution in [0.15, 0.2) is 0 Å². The second kappa shape index (κ2) is 4.21. The van der Waals surface area contributed by atoms with Gasteiger partial charge < -0.3 is 10.4 Å². The lowest BCUT2D eigenvalue weighted by molar-refractivity contribution is -0.122. The van der Waals surface area contributed by atoms with E-state index in [1.54, 1.807) is 6.92 Å². The highest BCUT2D eigenvalue weighted by atomic mass is 32.1. The maximum atomic E-state index is 11.6. The number of nitrogens with one attached hydrogen (secondary N) is 1. The zero-order chi connectivity index (χ0) is 11.7. The molecule has 0 saturated heterocycles. The third-order valence-corrected chi connectivity index (χ3v) is 3.76. The van der Waals surface area contributed by atoms with E-state index in [2.05, 4.69) is 10.3 Å². The highest BCUT2D eigenvalue weighted by Crippen LogP contribution is 2.29. The van der Waals surface area contributed by atoms with Crippen molar-refractivity contribution in [3.05, 3.63) is 10.6 Å². The van der Waals surface area contributed by atoms with Crippen molar-refractivity contribution in [2.75, 3.05) is 5.32 Å². The largest absolute Gasteiger partial charge is 0.477 e. The van der Waals surface area contributed by atoms with Gasteiger partial charge in [0.25, 0.3) is 0 Å². The molecule has 2 rings (SSSR count). The summed E-state index contributed by atoms with van der Waals surface area (Å²) in [7, 11) is 0. The Morgan fingerprint density at radius 1 is 1.50 bits per heavy atom. The van der Waals surface area contributed by atoms with Gasteiger partial charge in [0.15, 0.2) is 5.13 Å². The number of aromatic carboxylic acids is 1. The van der Waals surface area contributed by atoms with E-state index >= 15 is 0 Å². The predicted molar refractivity (Wildman–Crippen MR) is 59.8 cm³/mol. The Bertz CT molecular complexity index is 437. The lowest BCUT2D eigenvalue weighted by Gasteiger charge is -2.23. The number of carbonyl (C=O) groups excluding carboxylic acids is 1. The number of rotatable bonds is 3. The number of hydrogen-bond acceptors (Lipinski definition) is 4. The number of amides is 1. The number of aromatic nitrogens is 1. The van der Waals surface area contributed by atoms with Gasteiger partial charge >= 0.3 is 5.97 Å². The van der Waals surface area contributed by atoms with Gasteiger partial charge in [-0.05, 0) is 19.8 Å². The van der Waals surface area contributed by atoms with Crippen LogP contribution < -0.4 is 5.32 Å². The van der Waals surface area contributed by atoms with Crippen molar-refractivity contribution < 1.29 is 14.7 Å². The molecular formula is C10H12N2O3S. The van der Waals surface area contributed by atoms with Crippen molar-refractivity contribution in [3.8, 4) is 0 Å². The normalized spacial score (nSPS) is 15.6. The molecule has 2 N–H and O–H groups in total. The summed E-state index contributed by atoms with van der Waals surface area (Å²) in [6, 6.07) is 0. The molecule has 1 aromatic heterocycles. The van der Waals surface area contributed by atoms with Crippen molar-refractivity contribution in [1.29, 1.82) is 0 Å². The van der Waals surface area contributed by atoms with Gasteiger partial charge in [0, 0.05) is 5.92 Å². The second-order valence-electron chi connectivity index (χ2n) is 3.86. The first kappa shape index (κ1) is 11.1. The molecule has 1 aromatic rings. The molecule has 1 aliphatic rings. The first-order chi connectivity index (χ1) is 7.58. The summed E-state index contributed by atoms with van der Waals surface area (Å²) >= 11 is 1.01. The molecule has 0 spiro atoms. The smallest absolute Gasteiger partial charge is 0.347 e. The molecule has 1 saturated carbocycles. The van der Waals surface area contributed by atoms with Crippen LogP contribution in [0.4, 0.5) is 5.13 Å². The van der Waals surface area contributed by atoms with Crippen LogP contribution in [0.25, 0.3) is 0 Å². The highest BCUT2D eigenvalue weighted by molar-refractivity contribution is 7.17. The molecule has 0 bridgehead atoms. The van der Waals surface area contributed by atoms with Crippen LogP contribution in [0.1, 0.15) is 34.6 Å². The first-order valence-corrected chi connectivity index (χ1v) is 5.91. The Hall–Kier alpha value is -1.43. The number of carbonyl (C=O) groups is 2. The van der Waals surface area contributed by atoms with Crippen molar-refractivity contribution in [2.24, 2.45) is 5.92 Å². The molecule has 16 heavy (non-hydrogen) atoms. The third kappa shape index (κ3) is 2.06. The number of nitrogens with zero attached hydrogens (tertiary/aromatic N) is 1. The lowest BCUT2D eigenvalue weighted by atomic mass is 9.85. The Balaban J connectivity index is 2.06. The summed E-state index contributed by atoms with van der Waals surface area (Å²) in [5.41, 5.74) is 0.446. The third-order valence-electron chi connectivity index (χ3n) is 2.70. The molecule has 6 heteroatoms. The van der Waals surface area contributed by atoms with E-state index in [1.807, 2.05) is 0 Å². The molecule has 0 aromatic carbocycles. The van der Waals surface area contributed by atoms with Gasteiger partial charge in [-0.2, -0.15) is 0 Å². The van der Waals surface area contributed by atoms with Gasteiger partial charge in [-0.1, -0.05) is 17.8 Å². The molecule has 5 nitrogen and oxygen atoms in total. The average Bonchev–Trinajstić information content (AvgIpc) is 2.43. The van der Waals surface area contributed by atoms with Gasteiger partial charge in [-0.15, -0.1) is 0 Å². The van der Waals surface area contributed by atoms with E-state index in [-0.39, 0.29) is 16.7 Å². The highest BCUT2D eigenvalue weighted by Gasteiger charge is 2.26. The quantitative estimate of drug-likeness (QED) is 0.845. The minimum absolute atomic E-state index is 0.0445. The molecule has 1 heterocycles. The number of carboxylic acids is 1. The minimum atomic E-state index is -1.00. The van der Waals surface area contributed by atoms with E-state index in [0.29, 0.717) is 10.8 Å². The van der Waals surface area contributed by atoms with Crippen LogP contribution in [-0.4, -0.2) is 22.0 Å². The Labute approximate surface area is 96.5 Å². The molecule has 86 valence electrons. The molecule has 1 fully saturated rings. The van der Waals surface area contributed by atoms with E-state index < -0.39 is 5.97 Å². The molecule has 1 aliphatic carbocycles. The van der Waals surface area contributed by atoms with Gasteiger partial charge in [-0.25, -0.2) is 9.78 Å². The van der Waals surface area contributed by atoms with E-state index in [1.165, 1.54) is 0 Å². The van der Waals surface area contributed by atoms with Crippen LogP contribution in [0.3, 0.4) is 0 Å². The molecule has 0 atom stereocenters. The standard InChI is InChI=1S/C10H12N2O3S/c1-5-7(9(14)15)16-10(11-5)12-8(13)6-3-2-4-6/h6H,2-4H2,1H3,(H,14,15)(H,11,12,13). The summed E-state index contributed by atoms with van der Waals surface area (Å²) < 4.78 is 0. The fraction of sp³-hybridized carbons (Fsp3) is 0.500. The van der Waals surface area contributed by atoms with Crippen LogP contribution in [0.2, 0.25) is 0 Å². The van der Waals surface area contributed by atoms with Gasteiger partial charge in [0.2, 0.25) is 5.91 Å². The molecule has 0 radical (unpaired) electrons. The topological polar surface area (TPSA) is 79.3 Å². The van der Waals surface area contributed by atoms with Crippen LogP contribution in [-0.2, 0) is 4.79 Å². The van der Waals surface area contributed by atoms with Crippen molar-refractivity contribution in [2.45, 2.75) is 26.2 Å². The van der Waals surface area contributed by atoms with E-state index in [4.69, 9.17) is 5.11 Å². The van der Waals surface area contributed by atoms with Crippen molar-refractivity contribution >= 4 is 28.3 Å². The molecular weight excluding hydrogens is 228 g/mol. The second-order valence-corrected chi connectivity index (χ2v) is 4.85. The zero-order valence-electron chi connectivity index (χ0n) is 8.82. The number of thiazole rings is 1. The van der Waals surface area contributed by atoms with Gasteiger partial charge in [0.1, 0.15) is 4.88 Å². The molecule has 0 aliphatic heterocycles. The Morgan fingerprint density at radius 3 is 2.62 bits per heavy atom. The maximum Gasteiger partial charge on any atom is 0.347 e. The zero-order valence-corrected chi connectivity index (χ0v) is 9.63. The van der Waals surface area contributed by atoms with Gasteiger partial charge in [-0.3, -0.25) is 4.79 Å². The van der Waals surface area contributed by atoms with Crippen molar-refractivity contribution in [1.82, 2.24) is 4.98 Å². The minimum Gasteiger partial charge on any atom is -0.477 e. The monoisotopic (exact) mass is 240 g/mol. The fourth-order valence-corrected chi connectivity index (χ4v) is 2.33. The number of carboxylic acid groups (broad SMARTS) is 1. The predicted octanol–water partition coefficient (Wildman–Crippen LogP) is 1.89. The lowest BCUT2D eigenvalue weighted by Crippen LogP contribution is -2.27. The summed E-state index contributed by atoms with van der Waals surface area (Å²) in [5.74, 6) is -0.964. The SMILES string of the molecule is Cc1nc(NC(=O)C2CCC2)sc1C(=O)O. The first-order valence-electron chi connectivity index (χ1n) is 5.09. The molecule has 1 amide bonds. The van der Waals surface area contributed by atoms with Crippen LogP contribution in [0, 0.1) is 12.8 Å². The van der Waals surface area contributed by atoms with Crippen LogP contribution >= 0.6 is 11.3 Å².